The van der Waals surface area contributed by atoms with Gasteiger partial charge in [0.2, 0.25) is 11.8 Å². The molecule has 0 aliphatic carbocycles. The Hall–Kier alpha value is -2.34. The molecule has 2 amide bonds. The third kappa shape index (κ3) is 5.70. The van der Waals surface area contributed by atoms with Crippen molar-refractivity contribution in [2.24, 2.45) is 0 Å². The minimum absolute atomic E-state index is 0.000550. The Bertz CT molecular complexity index is 692. The Morgan fingerprint density at radius 2 is 2.00 bits per heavy atom. The van der Waals surface area contributed by atoms with Gasteiger partial charge in [-0.2, -0.15) is 0 Å². The number of pyridine rings is 1. The van der Waals surface area contributed by atoms with E-state index in [0.717, 1.165) is 17.0 Å². The molecule has 0 saturated heterocycles. The van der Waals surface area contributed by atoms with Crippen LogP contribution in [-0.2, 0) is 9.59 Å². The third-order valence-electron chi connectivity index (χ3n) is 3.19. The molecule has 1 aromatic carbocycles. The van der Waals surface area contributed by atoms with Crippen molar-refractivity contribution in [3.8, 4) is 0 Å². The summed E-state index contributed by atoms with van der Waals surface area (Å²) in [4.78, 5) is 28.9. The summed E-state index contributed by atoms with van der Waals surface area (Å²) in [5.41, 5.74) is 0.746. The van der Waals surface area contributed by atoms with E-state index in [2.05, 4.69) is 15.6 Å². The maximum absolute atomic E-state index is 12.2. The molecule has 0 fully saturated rings. The van der Waals surface area contributed by atoms with Gasteiger partial charge in [0.1, 0.15) is 5.82 Å². The smallest absolute Gasteiger partial charge is 0.238 e. The molecule has 126 valence electrons. The lowest BCUT2D eigenvalue weighted by atomic mass is 10.3. The Labute approximate surface area is 146 Å². The number of carbonyl (C=O) groups excluding carboxylic acids is 2. The van der Waals surface area contributed by atoms with E-state index in [-0.39, 0.29) is 17.1 Å². The van der Waals surface area contributed by atoms with E-state index in [0.29, 0.717) is 12.2 Å². The second-order valence-corrected chi connectivity index (χ2v) is 6.70. The summed E-state index contributed by atoms with van der Waals surface area (Å²) in [7, 11) is 0. The third-order valence-corrected chi connectivity index (χ3v) is 4.29. The van der Waals surface area contributed by atoms with Crippen LogP contribution < -0.4 is 10.6 Å². The molecule has 24 heavy (non-hydrogen) atoms. The van der Waals surface area contributed by atoms with Gasteiger partial charge in [-0.1, -0.05) is 19.1 Å². The molecule has 2 rings (SSSR count). The van der Waals surface area contributed by atoms with Crippen LogP contribution in [0.15, 0.2) is 53.6 Å². The number of rotatable bonds is 7. The van der Waals surface area contributed by atoms with Gasteiger partial charge in [0.25, 0.3) is 0 Å². The number of benzene rings is 1. The van der Waals surface area contributed by atoms with Crippen LogP contribution in [0.5, 0.6) is 0 Å². The number of carbonyl (C=O) groups is 2. The maximum atomic E-state index is 12.2. The van der Waals surface area contributed by atoms with Crippen LogP contribution in [0.25, 0.3) is 0 Å². The van der Waals surface area contributed by atoms with Crippen LogP contribution in [0.3, 0.4) is 0 Å². The summed E-state index contributed by atoms with van der Waals surface area (Å²) in [6.07, 6.45) is 2.95. The molecular formula is C18H21N3O2S. The molecule has 0 bridgehead atoms. The fourth-order valence-electron chi connectivity index (χ4n) is 2.02. The summed E-state index contributed by atoms with van der Waals surface area (Å²) in [6.45, 7) is 3.80. The molecule has 5 nitrogen and oxygen atoms in total. The van der Waals surface area contributed by atoms with Gasteiger partial charge in [-0.3, -0.25) is 9.59 Å². The quantitative estimate of drug-likeness (QED) is 0.747. The van der Waals surface area contributed by atoms with Crippen molar-refractivity contribution < 1.29 is 9.59 Å². The van der Waals surface area contributed by atoms with Crippen LogP contribution >= 0.6 is 11.8 Å². The van der Waals surface area contributed by atoms with E-state index in [4.69, 9.17) is 0 Å². The summed E-state index contributed by atoms with van der Waals surface area (Å²) in [5.74, 6) is 0.426. The van der Waals surface area contributed by atoms with E-state index in [1.165, 1.54) is 11.8 Å². The molecule has 0 aliphatic rings. The Kier molecular flexibility index (Phi) is 6.81. The van der Waals surface area contributed by atoms with Gasteiger partial charge >= 0.3 is 0 Å². The fourth-order valence-corrected chi connectivity index (χ4v) is 2.95. The van der Waals surface area contributed by atoms with Crippen LogP contribution in [0.2, 0.25) is 0 Å². The average Bonchev–Trinajstić information content (AvgIpc) is 2.56. The molecule has 1 unspecified atom stereocenters. The number of anilines is 2. The van der Waals surface area contributed by atoms with E-state index in [1.807, 2.05) is 44.2 Å². The van der Waals surface area contributed by atoms with Crippen LogP contribution in [0.1, 0.15) is 26.7 Å². The average molecular weight is 343 g/mol. The zero-order chi connectivity index (χ0) is 17.4. The molecule has 2 aromatic rings. The van der Waals surface area contributed by atoms with E-state index >= 15 is 0 Å². The molecule has 2 N–H and O–H groups in total. The van der Waals surface area contributed by atoms with Crippen molar-refractivity contribution in [1.82, 2.24) is 4.98 Å². The zero-order valence-electron chi connectivity index (χ0n) is 13.8. The topological polar surface area (TPSA) is 71.1 Å². The molecule has 0 aliphatic heterocycles. The van der Waals surface area contributed by atoms with E-state index in [9.17, 15) is 9.59 Å². The van der Waals surface area contributed by atoms with Gasteiger partial charge in [0, 0.05) is 23.2 Å². The molecule has 0 saturated carbocycles. The number of aromatic nitrogens is 1. The molecule has 0 radical (unpaired) electrons. The zero-order valence-corrected chi connectivity index (χ0v) is 14.6. The number of hydrogen-bond donors (Lipinski definition) is 2. The molecular weight excluding hydrogens is 322 g/mol. The number of thioether (sulfide) groups is 1. The number of nitrogens with one attached hydrogen (secondary N) is 2. The van der Waals surface area contributed by atoms with Crippen LogP contribution in [0, 0.1) is 0 Å². The maximum Gasteiger partial charge on any atom is 0.238 e. The standard InChI is InChI=1S/C18H21N3O2S/c1-3-7-17(22)20-14-8-6-9-15(12-14)24-13(2)18(23)21-16-10-4-5-11-19-16/h4-6,8-13H,3,7H2,1-2H3,(H,20,22)(H,19,21,23). The monoisotopic (exact) mass is 343 g/mol. The van der Waals surface area contributed by atoms with Gasteiger partial charge in [0.05, 0.1) is 5.25 Å². The minimum atomic E-state index is -0.284. The number of amides is 2. The first kappa shape index (κ1) is 18.0. The summed E-state index contributed by atoms with van der Waals surface area (Å²) < 4.78 is 0. The van der Waals surface area contributed by atoms with Crippen LogP contribution in [0.4, 0.5) is 11.5 Å². The van der Waals surface area contributed by atoms with Crippen molar-refractivity contribution in [3.63, 3.8) is 0 Å². The molecule has 0 spiro atoms. The van der Waals surface area contributed by atoms with Gasteiger partial charge in [-0.05, 0) is 43.7 Å². The normalized spacial score (nSPS) is 11.6. The van der Waals surface area contributed by atoms with Crippen molar-refractivity contribution in [2.45, 2.75) is 36.8 Å². The minimum Gasteiger partial charge on any atom is -0.326 e. The molecule has 1 atom stereocenters. The summed E-state index contributed by atoms with van der Waals surface area (Å²) in [5, 5.41) is 5.36. The van der Waals surface area contributed by atoms with Crippen molar-refractivity contribution in [2.75, 3.05) is 10.6 Å². The van der Waals surface area contributed by atoms with Gasteiger partial charge < -0.3 is 10.6 Å². The number of nitrogens with zero attached hydrogens (tertiary/aromatic N) is 1. The fraction of sp³-hybridized carbons (Fsp3) is 0.278. The lowest BCUT2D eigenvalue weighted by Gasteiger charge is -2.12. The van der Waals surface area contributed by atoms with Gasteiger partial charge in [-0.15, -0.1) is 11.8 Å². The highest BCUT2D eigenvalue weighted by molar-refractivity contribution is 8.00. The summed E-state index contributed by atoms with van der Waals surface area (Å²) in [6, 6.07) is 12.9. The van der Waals surface area contributed by atoms with E-state index in [1.54, 1.807) is 18.3 Å². The first-order chi connectivity index (χ1) is 11.6. The lowest BCUT2D eigenvalue weighted by Crippen LogP contribution is -2.22. The highest BCUT2D eigenvalue weighted by Crippen LogP contribution is 2.26. The molecule has 1 heterocycles. The number of hydrogen-bond acceptors (Lipinski definition) is 4. The lowest BCUT2D eigenvalue weighted by molar-refractivity contribution is -0.116. The van der Waals surface area contributed by atoms with Gasteiger partial charge in [0.15, 0.2) is 0 Å². The van der Waals surface area contributed by atoms with E-state index < -0.39 is 0 Å². The Morgan fingerprint density at radius 1 is 1.17 bits per heavy atom. The molecule has 1 aromatic heterocycles. The Morgan fingerprint density at radius 3 is 2.71 bits per heavy atom. The van der Waals surface area contributed by atoms with Crippen molar-refractivity contribution >= 4 is 35.1 Å². The van der Waals surface area contributed by atoms with Crippen molar-refractivity contribution in [3.05, 3.63) is 48.7 Å². The predicted octanol–water partition coefficient (Wildman–Crippen LogP) is 3.94. The highest BCUT2D eigenvalue weighted by Gasteiger charge is 2.15. The van der Waals surface area contributed by atoms with Gasteiger partial charge in [-0.25, -0.2) is 4.98 Å². The summed E-state index contributed by atoms with van der Waals surface area (Å²) >= 11 is 1.43. The first-order valence-electron chi connectivity index (χ1n) is 7.87. The second-order valence-electron chi connectivity index (χ2n) is 5.29. The first-order valence-corrected chi connectivity index (χ1v) is 8.75. The highest BCUT2D eigenvalue weighted by atomic mass is 32.2. The van der Waals surface area contributed by atoms with Crippen LogP contribution in [-0.4, -0.2) is 22.0 Å². The largest absolute Gasteiger partial charge is 0.326 e. The Balaban J connectivity index is 1.94. The van der Waals surface area contributed by atoms with Crippen molar-refractivity contribution in [1.29, 1.82) is 0 Å². The second kappa shape index (κ2) is 9.08. The molecule has 6 heteroatoms. The predicted molar refractivity (Wildman–Crippen MR) is 98.2 cm³/mol. The SMILES string of the molecule is CCCC(=O)Nc1cccc(SC(C)C(=O)Nc2ccccn2)c1.